The van der Waals surface area contributed by atoms with Crippen LogP contribution < -0.4 is 5.56 Å². The maximum atomic E-state index is 12.6. The molecule has 1 fully saturated rings. The summed E-state index contributed by atoms with van der Waals surface area (Å²) < 4.78 is 8.18. The van der Waals surface area contributed by atoms with Crippen LogP contribution in [-0.4, -0.2) is 29.5 Å². The third kappa shape index (κ3) is 3.44. The standard InChI is InChI=1S/C20H19ClN6O2/c1-12-9-22-27-18(12)20(28)26(11-23-27)10-17-24-19(25-29-17)15-6-14(7-15)5-13-3-2-4-16(21)8-13/h2-4,8-9,11,14-15H,5-7,10H2,1H3. The van der Waals surface area contributed by atoms with E-state index in [-0.39, 0.29) is 12.1 Å². The molecule has 0 atom stereocenters. The highest BCUT2D eigenvalue weighted by atomic mass is 35.5. The summed E-state index contributed by atoms with van der Waals surface area (Å²) in [5, 5.41) is 13.1. The molecule has 0 spiro atoms. The number of rotatable bonds is 5. The molecule has 1 aromatic carbocycles. The SMILES string of the molecule is Cc1cnn2ncn(Cc3nc(C4CC(Cc5cccc(Cl)c5)C4)no3)c(=O)c12. The van der Waals surface area contributed by atoms with Gasteiger partial charge in [0, 0.05) is 16.5 Å². The summed E-state index contributed by atoms with van der Waals surface area (Å²) in [5.74, 6) is 2.01. The van der Waals surface area contributed by atoms with Gasteiger partial charge in [-0.1, -0.05) is 28.9 Å². The molecule has 0 aliphatic heterocycles. The zero-order valence-corrected chi connectivity index (χ0v) is 16.6. The average Bonchev–Trinajstić information content (AvgIpc) is 3.27. The van der Waals surface area contributed by atoms with Crippen LogP contribution >= 0.6 is 11.6 Å². The van der Waals surface area contributed by atoms with Crippen LogP contribution in [0.25, 0.3) is 5.52 Å². The first-order valence-electron chi connectivity index (χ1n) is 9.54. The minimum absolute atomic E-state index is 0.181. The van der Waals surface area contributed by atoms with Crippen molar-refractivity contribution in [2.45, 2.75) is 38.6 Å². The molecule has 3 aromatic heterocycles. The maximum absolute atomic E-state index is 12.6. The van der Waals surface area contributed by atoms with E-state index in [0.29, 0.717) is 29.1 Å². The zero-order valence-electron chi connectivity index (χ0n) is 15.8. The van der Waals surface area contributed by atoms with E-state index in [9.17, 15) is 4.79 Å². The third-order valence-electron chi connectivity index (χ3n) is 5.50. The van der Waals surface area contributed by atoms with Gasteiger partial charge in [0.2, 0.25) is 5.89 Å². The molecule has 5 rings (SSSR count). The first-order chi connectivity index (χ1) is 14.1. The fourth-order valence-corrected chi connectivity index (χ4v) is 4.14. The fraction of sp³-hybridized carbons (Fsp3) is 0.350. The highest BCUT2D eigenvalue weighted by Crippen LogP contribution is 2.42. The zero-order chi connectivity index (χ0) is 20.0. The second-order valence-corrected chi connectivity index (χ2v) is 8.08. The summed E-state index contributed by atoms with van der Waals surface area (Å²) in [6.07, 6.45) is 6.11. The number of fused-ring (bicyclic) bond motifs is 1. The molecule has 4 aromatic rings. The first-order valence-corrected chi connectivity index (χ1v) is 9.91. The normalized spacial score (nSPS) is 18.8. The number of hydrogen-bond acceptors (Lipinski definition) is 6. The summed E-state index contributed by atoms with van der Waals surface area (Å²) in [4.78, 5) is 17.1. The topological polar surface area (TPSA) is 91.1 Å². The Morgan fingerprint density at radius 2 is 2.14 bits per heavy atom. The molecular weight excluding hydrogens is 392 g/mol. The van der Waals surface area contributed by atoms with Crippen LogP contribution in [0.15, 0.2) is 46.1 Å². The smallest absolute Gasteiger partial charge is 0.280 e. The molecule has 148 valence electrons. The van der Waals surface area contributed by atoms with Crippen LogP contribution in [-0.2, 0) is 13.0 Å². The van der Waals surface area contributed by atoms with Crippen molar-refractivity contribution in [3.63, 3.8) is 0 Å². The molecule has 8 nitrogen and oxygen atoms in total. The van der Waals surface area contributed by atoms with Gasteiger partial charge in [0.25, 0.3) is 5.56 Å². The fourth-order valence-electron chi connectivity index (χ4n) is 3.93. The number of benzene rings is 1. The van der Waals surface area contributed by atoms with Crippen molar-refractivity contribution in [2.75, 3.05) is 0 Å². The minimum Gasteiger partial charge on any atom is -0.337 e. The second-order valence-electron chi connectivity index (χ2n) is 7.64. The lowest BCUT2D eigenvalue weighted by atomic mass is 9.72. The molecular formula is C20H19ClN6O2. The van der Waals surface area contributed by atoms with Gasteiger partial charge < -0.3 is 4.52 Å². The van der Waals surface area contributed by atoms with Crippen LogP contribution in [0.2, 0.25) is 5.02 Å². The molecule has 3 heterocycles. The van der Waals surface area contributed by atoms with Gasteiger partial charge >= 0.3 is 0 Å². The van der Waals surface area contributed by atoms with Gasteiger partial charge in [-0.25, -0.2) is 0 Å². The monoisotopic (exact) mass is 410 g/mol. The lowest BCUT2D eigenvalue weighted by molar-refractivity contribution is 0.246. The number of aromatic nitrogens is 6. The van der Waals surface area contributed by atoms with E-state index in [1.807, 2.05) is 25.1 Å². The summed E-state index contributed by atoms with van der Waals surface area (Å²) in [5.41, 5.74) is 2.31. The number of halogens is 1. The minimum atomic E-state index is -0.181. The molecule has 1 aliphatic rings. The Kier molecular flexibility index (Phi) is 4.43. The quantitative estimate of drug-likeness (QED) is 0.502. The molecule has 0 N–H and O–H groups in total. The van der Waals surface area contributed by atoms with Gasteiger partial charge in [-0.15, -0.1) is 9.73 Å². The molecule has 0 saturated heterocycles. The lowest BCUT2D eigenvalue weighted by Crippen LogP contribution is -2.25. The predicted molar refractivity (Wildman–Crippen MR) is 106 cm³/mol. The molecule has 1 aliphatic carbocycles. The van der Waals surface area contributed by atoms with E-state index in [0.717, 1.165) is 29.8 Å². The van der Waals surface area contributed by atoms with Crippen LogP contribution in [0.1, 0.15) is 41.6 Å². The van der Waals surface area contributed by atoms with Crippen molar-refractivity contribution in [2.24, 2.45) is 5.92 Å². The molecule has 0 amide bonds. The Hall–Kier alpha value is -3.00. The first kappa shape index (κ1) is 18.1. The maximum Gasteiger partial charge on any atom is 0.280 e. The predicted octanol–water partition coefficient (Wildman–Crippen LogP) is 3.02. The molecule has 0 unspecified atom stereocenters. The third-order valence-corrected chi connectivity index (χ3v) is 5.74. The van der Waals surface area contributed by atoms with Crippen molar-refractivity contribution in [1.29, 1.82) is 0 Å². The van der Waals surface area contributed by atoms with Crippen molar-refractivity contribution in [1.82, 2.24) is 29.5 Å². The Balaban J connectivity index is 1.25. The van der Waals surface area contributed by atoms with Crippen molar-refractivity contribution in [3.8, 4) is 0 Å². The van der Waals surface area contributed by atoms with Gasteiger partial charge in [-0.05, 0) is 49.8 Å². The highest BCUT2D eigenvalue weighted by Gasteiger charge is 2.33. The van der Waals surface area contributed by atoms with E-state index < -0.39 is 0 Å². The van der Waals surface area contributed by atoms with Gasteiger partial charge in [0.15, 0.2) is 11.3 Å². The van der Waals surface area contributed by atoms with Gasteiger partial charge in [-0.2, -0.15) is 10.1 Å². The highest BCUT2D eigenvalue weighted by molar-refractivity contribution is 6.30. The van der Waals surface area contributed by atoms with E-state index >= 15 is 0 Å². The van der Waals surface area contributed by atoms with Crippen LogP contribution in [0, 0.1) is 12.8 Å². The van der Waals surface area contributed by atoms with Gasteiger partial charge in [-0.3, -0.25) is 9.36 Å². The average molecular weight is 411 g/mol. The van der Waals surface area contributed by atoms with Gasteiger partial charge in [0.05, 0.1) is 6.20 Å². The summed E-state index contributed by atoms with van der Waals surface area (Å²) >= 11 is 6.06. The summed E-state index contributed by atoms with van der Waals surface area (Å²) in [7, 11) is 0. The van der Waals surface area contributed by atoms with E-state index in [4.69, 9.17) is 16.1 Å². The Labute approximate surface area is 171 Å². The number of aryl methyl sites for hydroxylation is 1. The van der Waals surface area contributed by atoms with Crippen molar-refractivity contribution >= 4 is 17.1 Å². The van der Waals surface area contributed by atoms with Crippen LogP contribution in [0.3, 0.4) is 0 Å². The number of hydrogen-bond donors (Lipinski definition) is 0. The van der Waals surface area contributed by atoms with Crippen LogP contribution in [0.4, 0.5) is 0 Å². The molecule has 9 heteroatoms. The number of nitrogens with zero attached hydrogens (tertiary/aromatic N) is 6. The molecule has 29 heavy (non-hydrogen) atoms. The summed E-state index contributed by atoms with van der Waals surface area (Å²) in [6.45, 7) is 2.02. The molecule has 1 saturated carbocycles. The lowest BCUT2D eigenvalue weighted by Gasteiger charge is -2.33. The second kappa shape index (κ2) is 7.11. The summed E-state index contributed by atoms with van der Waals surface area (Å²) in [6, 6.07) is 8.00. The Morgan fingerprint density at radius 3 is 2.97 bits per heavy atom. The molecule has 0 radical (unpaired) electrons. The Morgan fingerprint density at radius 1 is 1.28 bits per heavy atom. The largest absolute Gasteiger partial charge is 0.337 e. The van der Waals surface area contributed by atoms with Crippen LogP contribution in [0.5, 0.6) is 0 Å². The van der Waals surface area contributed by atoms with E-state index in [2.05, 4.69) is 26.4 Å². The van der Waals surface area contributed by atoms with Gasteiger partial charge in [0.1, 0.15) is 12.9 Å². The van der Waals surface area contributed by atoms with Crippen molar-refractivity contribution in [3.05, 3.63) is 75.0 Å². The molecule has 0 bridgehead atoms. The van der Waals surface area contributed by atoms with E-state index in [1.165, 1.54) is 21.1 Å². The van der Waals surface area contributed by atoms with E-state index in [1.54, 1.807) is 6.20 Å². The Bertz CT molecular complexity index is 1240. The van der Waals surface area contributed by atoms with Crippen molar-refractivity contribution < 1.29 is 4.52 Å².